The highest BCUT2D eigenvalue weighted by Crippen LogP contribution is 2.37. The number of hydrogen-bond acceptors (Lipinski definition) is 4. The number of nitrogens with zero attached hydrogens (tertiary/aromatic N) is 1. The molecule has 0 fully saturated rings. The van der Waals surface area contributed by atoms with Crippen molar-refractivity contribution in [3.05, 3.63) is 178 Å². The van der Waals surface area contributed by atoms with Crippen LogP contribution in [0.2, 0.25) is 0 Å². The molecular formula is C44H35NO3. The van der Waals surface area contributed by atoms with Gasteiger partial charge >= 0.3 is 5.97 Å². The van der Waals surface area contributed by atoms with Crippen LogP contribution in [0.4, 0.5) is 0 Å². The number of carbonyl (C=O) groups excluding carboxylic acids is 1. The van der Waals surface area contributed by atoms with Crippen LogP contribution in [0.5, 0.6) is 5.75 Å². The number of esters is 1. The van der Waals surface area contributed by atoms with Crippen LogP contribution in [0.1, 0.15) is 43.7 Å². The zero-order chi connectivity index (χ0) is 32.9. The molecule has 48 heavy (non-hydrogen) atoms. The lowest BCUT2D eigenvalue weighted by molar-refractivity contribution is 0.0472. The topological polar surface area (TPSA) is 48.4 Å². The van der Waals surface area contributed by atoms with Gasteiger partial charge in [0.05, 0.1) is 16.6 Å². The highest BCUT2D eigenvalue weighted by Gasteiger charge is 2.17. The van der Waals surface area contributed by atoms with E-state index < -0.39 is 0 Å². The lowest BCUT2D eigenvalue weighted by atomic mass is 9.89. The summed E-state index contributed by atoms with van der Waals surface area (Å²) in [7, 11) is 0. The molecule has 7 aromatic rings. The van der Waals surface area contributed by atoms with Gasteiger partial charge in [0.1, 0.15) is 19.0 Å². The average Bonchev–Trinajstić information content (AvgIpc) is 3.12. The maximum Gasteiger partial charge on any atom is 0.338 e. The van der Waals surface area contributed by atoms with E-state index in [4.69, 9.17) is 14.5 Å². The van der Waals surface area contributed by atoms with Crippen LogP contribution in [-0.4, -0.2) is 11.0 Å². The maximum atomic E-state index is 13.1. The van der Waals surface area contributed by atoms with E-state index in [1.807, 2.05) is 91.0 Å². The molecule has 6 aromatic carbocycles. The first-order valence-electron chi connectivity index (χ1n) is 16.1. The molecule has 0 unspecified atom stereocenters. The monoisotopic (exact) mass is 625 g/mol. The molecular weight excluding hydrogens is 590 g/mol. The molecule has 0 saturated carbocycles. The number of aryl methyl sites for hydroxylation is 2. The molecule has 4 nitrogen and oxygen atoms in total. The molecule has 0 aliphatic rings. The minimum absolute atomic E-state index is 0.237. The van der Waals surface area contributed by atoms with Crippen molar-refractivity contribution in [1.29, 1.82) is 0 Å². The summed E-state index contributed by atoms with van der Waals surface area (Å²) in [5, 5.41) is 2.15. The van der Waals surface area contributed by atoms with Gasteiger partial charge in [-0.05, 0) is 107 Å². The highest BCUT2D eigenvalue weighted by molar-refractivity contribution is 6.04. The van der Waals surface area contributed by atoms with Crippen molar-refractivity contribution in [3.8, 4) is 16.9 Å². The van der Waals surface area contributed by atoms with Gasteiger partial charge in [-0.25, -0.2) is 9.78 Å². The Morgan fingerprint density at radius 2 is 1.25 bits per heavy atom. The smallest absolute Gasteiger partial charge is 0.338 e. The highest BCUT2D eigenvalue weighted by atomic mass is 16.5. The minimum atomic E-state index is -0.331. The fourth-order valence-corrected chi connectivity index (χ4v) is 6.12. The normalized spacial score (nSPS) is 11.3. The number of para-hydroxylation sites is 1. The lowest BCUT2D eigenvalue weighted by Gasteiger charge is -2.16. The number of rotatable bonds is 9. The number of ether oxygens (including phenoxy) is 2. The van der Waals surface area contributed by atoms with Crippen molar-refractivity contribution in [2.75, 3.05) is 0 Å². The lowest BCUT2D eigenvalue weighted by Crippen LogP contribution is -2.07. The molecule has 4 heteroatoms. The number of pyridine rings is 1. The van der Waals surface area contributed by atoms with Gasteiger partial charge in [-0.2, -0.15) is 0 Å². The SMILES string of the molecule is Cc1cc(C(=O)OCc2ccccc2)cc(C)c1-c1cc(C=Cc2ccc(OCc3ccccc3)cc2)cc2nc3ccccc3cc12. The van der Waals surface area contributed by atoms with Crippen molar-refractivity contribution in [2.45, 2.75) is 27.1 Å². The number of hydrogen-bond donors (Lipinski definition) is 0. The molecule has 0 N–H and O–H groups in total. The van der Waals surface area contributed by atoms with E-state index in [1.54, 1.807) is 0 Å². The second-order valence-electron chi connectivity index (χ2n) is 12.0. The van der Waals surface area contributed by atoms with E-state index in [9.17, 15) is 4.79 Å². The van der Waals surface area contributed by atoms with E-state index >= 15 is 0 Å². The number of carbonyl (C=O) groups is 1. The van der Waals surface area contributed by atoms with Crippen LogP contribution < -0.4 is 4.74 Å². The molecule has 0 amide bonds. The average molecular weight is 626 g/mol. The third-order valence-electron chi connectivity index (χ3n) is 8.51. The summed E-state index contributed by atoms with van der Waals surface area (Å²) < 4.78 is 11.6. The Hall–Kier alpha value is -6.00. The molecule has 0 radical (unpaired) electrons. The summed E-state index contributed by atoms with van der Waals surface area (Å²) in [4.78, 5) is 18.1. The number of benzene rings is 6. The molecule has 0 aliphatic carbocycles. The predicted octanol–water partition coefficient (Wildman–Crippen LogP) is 10.8. The standard InChI is InChI=1S/C44H35NO3/c1-30-23-37(44(46)48-29-34-13-7-4-8-14-34)24-31(2)43(30)40-25-35(26-42-39(40)27-36-15-9-10-16-41(36)45-42)18-17-32-19-21-38(22-20-32)47-28-33-11-5-3-6-12-33/h3-27H,28-29H2,1-2H3. The summed E-state index contributed by atoms with van der Waals surface area (Å²) in [6.45, 7) is 4.88. The Morgan fingerprint density at radius 3 is 1.96 bits per heavy atom. The zero-order valence-corrected chi connectivity index (χ0v) is 27.0. The molecule has 0 bridgehead atoms. The van der Waals surface area contributed by atoms with Crippen molar-refractivity contribution in [1.82, 2.24) is 4.98 Å². The van der Waals surface area contributed by atoms with Gasteiger partial charge in [0.2, 0.25) is 0 Å². The molecule has 0 aliphatic heterocycles. The molecule has 0 spiro atoms. The molecule has 1 heterocycles. The largest absolute Gasteiger partial charge is 0.489 e. The Morgan fingerprint density at radius 1 is 0.625 bits per heavy atom. The van der Waals surface area contributed by atoms with Crippen LogP contribution >= 0.6 is 0 Å². The summed E-state index contributed by atoms with van der Waals surface area (Å²) in [5.41, 5.74) is 10.8. The van der Waals surface area contributed by atoms with E-state index in [-0.39, 0.29) is 12.6 Å². The van der Waals surface area contributed by atoms with Gasteiger partial charge in [-0.1, -0.05) is 103 Å². The van der Waals surface area contributed by atoms with Crippen LogP contribution in [0.15, 0.2) is 140 Å². The Bertz CT molecular complexity index is 2230. The second kappa shape index (κ2) is 13.8. The van der Waals surface area contributed by atoms with E-state index in [0.717, 1.165) is 72.1 Å². The van der Waals surface area contributed by atoms with Gasteiger partial charge < -0.3 is 9.47 Å². The van der Waals surface area contributed by atoms with Crippen LogP contribution in [-0.2, 0) is 18.0 Å². The third-order valence-corrected chi connectivity index (χ3v) is 8.51. The summed E-state index contributed by atoms with van der Waals surface area (Å²) >= 11 is 0. The fourth-order valence-electron chi connectivity index (χ4n) is 6.12. The van der Waals surface area contributed by atoms with Gasteiger partial charge in [0.25, 0.3) is 0 Å². The van der Waals surface area contributed by atoms with Crippen molar-refractivity contribution < 1.29 is 14.3 Å². The van der Waals surface area contributed by atoms with E-state index in [1.165, 1.54) is 0 Å². The molecule has 0 atom stereocenters. The molecule has 7 rings (SSSR count). The molecule has 234 valence electrons. The van der Waals surface area contributed by atoms with Gasteiger partial charge in [0, 0.05) is 10.8 Å². The summed E-state index contributed by atoms with van der Waals surface area (Å²) in [6, 6.07) is 46.7. The zero-order valence-electron chi connectivity index (χ0n) is 27.0. The van der Waals surface area contributed by atoms with Crippen molar-refractivity contribution in [3.63, 3.8) is 0 Å². The molecule has 1 aromatic heterocycles. The fraction of sp³-hybridized carbons (Fsp3) is 0.0909. The van der Waals surface area contributed by atoms with Crippen molar-refractivity contribution in [2.24, 2.45) is 0 Å². The Kier molecular flexibility index (Phi) is 8.80. The van der Waals surface area contributed by atoms with Crippen LogP contribution in [0.3, 0.4) is 0 Å². The first-order valence-corrected chi connectivity index (χ1v) is 16.1. The second-order valence-corrected chi connectivity index (χ2v) is 12.0. The summed E-state index contributed by atoms with van der Waals surface area (Å²) in [6.07, 6.45) is 4.23. The maximum absolute atomic E-state index is 13.1. The quantitative estimate of drug-likeness (QED) is 0.0910. The van der Waals surface area contributed by atoms with Gasteiger partial charge in [-0.3, -0.25) is 0 Å². The number of fused-ring (bicyclic) bond motifs is 2. The molecule has 0 saturated heterocycles. The summed E-state index contributed by atoms with van der Waals surface area (Å²) in [5.74, 6) is 0.501. The van der Waals surface area contributed by atoms with Crippen molar-refractivity contribution >= 4 is 39.9 Å². The Balaban J connectivity index is 1.20. The van der Waals surface area contributed by atoms with Crippen LogP contribution in [0.25, 0.3) is 45.1 Å². The number of aromatic nitrogens is 1. The van der Waals surface area contributed by atoms with E-state index in [0.29, 0.717) is 12.2 Å². The predicted molar refractivity (Wildman–Crippen MR) is 196 cm³/mol. The first kappa shape index (κ1) is 30.6. The minimum Gasteiger partial charge on any atom is -0.489 e. The first-order chi connectivity index (χ1) is 23.5. The third kappa shape index (κ3) is 6.89. The van der Waals surface area contributed by atoms with E-state index in [2.05, 4.69) is 74.5 Å². The Labute approximate surface area is 280 Å². The van der Waals surface area contributed by atoms with Crippen LogP contribution in [0, 0.1) is 13.8 Å². The van der Waals surface area contributed by atoms with Gasteiger partial charge in [0.15, 0.2) is 0 Å². The van der Waals surface area contributed by atoms with Gasteiger partial charge in [-0.15, -0.1) is 0 Å².